The molecule has 0 aromatic carbocycles. The molecule has 0 spiro atoms. The molecule has 0 N–H and O–H groups in total. The first-order valence-electron chi connectivity index (χ1n) is 6.82. The molecule has 0 aromatic rings. The fraction of sp³-hybridized carbons (Fsp3) is 0.625. The molecule has 0 saturated carbocycles. The molecule has 110 valence electrons. The first-order chi connectivity index (χ1) is 9.60. The number of ether oxygens (including phenoxy) is 2. The van der Waals surface area contributed by atoms with Gasteiger partial charge in [-0.3, -0.25) is 9.59 Å². The lowest BCUT2D eigenvalue weighted by Crippen LogP contribution is -2.18. The quantitative estimate of drug-likeness (QED) is 0.350. The topological polar surface area (TPSA) is 52.6 Å². The Morgan fingerprint density at radius 1 is 1.05 bits per heavy atom. The van der Waals surface area contributed by atoms with Gasteiger partial charge in [0.1, 0.15) is 6.10 Å². The van der Waals surface area contributed by atoms with Crippen LogP contribution in [0.1, 0.15) is 51.9 Å². The van der Waals surface area contributed by atoms with E-state index in [1.165, 1.54) is 0 Å². The highest BCUT2D eigenvalue weighted by atomic mass is 16.6. The number of hydrogen-bond acceptors (Lipinski definition) is 4. The number of rotatable bonds is 10. The van der Waals surface area contributed by atoms with Gasteiger partial charge in [-0.15, -0.1) is 24.7 Å². The van der Waals surface area contributed by atoms with Crippen LogP contribution in [-0.4, -0.2) is 24.6 Å². The van der Waals surface area contributed by atoms with Crippen LogP contribution in [0.15, 0.2) is 0 Å². The summed E-state index contributed by atoms with van der Waals surface area (Å²) in [5, 5.41) is 0. The maximum atomic E-state index is 11.4. The second kappa shape index (κ2) is 12.1. The summed E-state index contributed by atoms with van der Waals surface area (Å²) in [7, 11) is 0. The third-order valence-electron chi connectivity index (χ3n) is 2.52. The first kappa shape index (κ1) is 18.1. The predicted octanol–water partition coefficient (Wildman–Crippen LogP) is 2.46. The highest BCUT2D eigenvalue weighted by molar-refractivity contribution is 5.69. The molecule has 0 aliphatic rings. The van der Waals surface area contributed by atoms with E-state index in [2.05, 4.69) is 11.8 Å². The van der Waals surface area contributed by atoms with Crippen LogP contribution in [0, 0.1) is 24.7 Å². The number of unbranched alkanes of at least 4 members (excludes halogenated alkanes) is 2. The lowest BCUT2D eigenvalue weighted by molar-refractivity contribution is -0.150. The number of hydrogen-bond donors (Lipinski definition) is 0. The Kier molecular flexibility index (Phi) is 10.9. The number of carbonyl (C=O) groups is 2. The summed E-state index contributed by atoms with van der Waals surface area (Å²) in [6.07, 6.45) is 13.4. The minimum absolute atomic E-state index is 0.244. The SMILES string of the molecule is C#CCCCC(=O)OCCC(C)OC(=O)CCCC#C. The third-order valence-corrected chi connectivity index (χ3v) is 2.52. The van der Waals surface area contributed by atoms with Crippen LogP contribution >= 0.6 is 0 Å². The molecule has 0 rings (SSSR count). The van der Waals surface area contributed by atoms with Gasteiger partial charge in [-0.25, -0.2) is 0 Å². The molecule has 20 heavy (non-hydrogen) atoms. The van der Waals surface area contributed by atoms with E-state index < -0.39 is 0 Å². The zero-order valence-electron chi connectivity index (χ0n) is 12.0. The molecule has 0 aliphatic carbocycles. The molecule has 0 heterocycles. The Morgan fingerprint density at radius 2 is 1.60 bits per heavy atom. The van der Waals surface area contributed by atoms with Gasteiger partial charge in [0.25, 0.3) is 0 Å². The van der Waals surface area contributed by atoms with Gasteiger partial charge in [0.2, 0.25) is 0 Å². The third kappa shape index (κ3) is 11.2. The summed E-state index contributed by atoms with van der Waals surface area (Å²) in [5.41, 5.74) is 0. The van der Waals surface area contributed by atoms with Crippen molar-refractivity contribution >= 4 is 11.9 Å². The Morgan fingerprint density at radius 3 is 2.15 bits per heavy atom. The van der Waals surface area contributed by atoms with Crippen molar-refractivity contribution in [2.45, 2.75) is 58.0 Å². The number of terminal acetylenes is 2. The Bertz CT molecular complexity index is 373. The molecule has 0 aliphatic heterocycles. The van der Waals surface area contributed by atoms with Crippen LogP contribution in [0.4, 0.5) is 0 Å². The minimum Gasteiger partial charge on any atom is -0.466 e. The average Bonchev–Trinajstić information content (AvgIpc) is 2.39. The van der Waals surface area contributed by atoms with Gasteiger partial charge < -0.3 is 9.47 Å². The fourth-order valence-corrected chi connectivity index (χ4v) is 1.42. The van der Waals surface area contributed by atoms with Crippen LogP contribution in [0.3, 0.4) is 0 Å². The van der Waals surface area contributed by atoms with Crippen molar-refractivity contribution in [3.05, 3.63) is 0 Å². The monoisotopic (exact) mass is 278 g/mol. The summed E-state index contributed by atoms with van der Waals surface area (Å²) < 4.78 is 10.2. The van der Waals surface area contributed by atoms with Crippen LogP contribution in [-0.2, 0) is 19.1 Å². The summed E-state index contributed by atoms with van der Waals surface area (Å²) in [6, 6.07) is 0. The van der Waals surface area contributed by atoms with Gasteiger partial charge in [0.05, 0.1) is 6.61 Å². The lowest BCUT2D eigenvalue weighted by atomic mass is 10.2. The van der Waals surface area contributed by atoms with Gasteiger partial charge in [-0.05, 0) is 19.8 Å². The van der Waals surface area contributed by atoms with E-state index >= 15 is 0 Å². The molecular weight excluding hydrogens is 256 g/mol. The van der Waals surface area contributed by atoms with E-state index in [9.17, 15) is 9.59 Å². The molecule has 0 fully saturated rings. The van der Waals surface area contributed by atoms with E-state index in [0.717, 1.165) is 0 Å². The molecule has 1 unspecified atom stereocenters. The van der Waals surface area contributed by atoms with E-state index in [1.807, 2.05) is 0 Å². The zero-order chi connectivity index (χ0) is 15.2. The van der Waals surface area contributed by atoms with Gasteiger partial charge in [-0.1, -0.05) is 0 Å². The molecule has 0 bridgehead atoms. The van der Waals surface area contributed by atoms with Crippen LogP contribution in [0.5, 0.6) is 0 Å². The van der Waals surface area contributed by atoms with Crippen molar-refractivity contribution in [1.29, 1.82) is 0 Å². The maximum Gasteiger partial charge on any atom is 0.306 e. The molecule has 0 radical (unpaired) electrons. The molecule has 0 aromatic heterocycles. The maximum absolute atomic E-state index is 11.4. The average molecular weight is 278 g/mol. The van der Waals surface area contributed by atoms with Gasteiger partial charge in [-0.2, -0.15) is 0 Å². The van der Waals surface area contributed by atoms with E-state index in [4.69, 9.17) is 22.3 Å². The lowest BCUT2D eigenvalue weighted by Gasteiger charge is -2.13. The summed E-state index contributed by atoms with van der Waals surface area (Å²) in [6.45, 7) is 2.01. The molecular formula is C16H22O4. The van der Waals surface area contributed by atoms with Crippen LogP contribution in [0.2, 0.25) is 0 Å². The smallest absolute Gasteiger partial charge is 0.306 e. The van der Waals surface area contributed by atoms with E-state index in [0.29, 0.717) is 44.9 Å². The van der Waals surface area contributed by atoms with Gasteiger partial charge >= 0.3 is 11.9 Å². The minimum atomic E-state index is -0.271. The van der Waals surface area contributed by atoms with Gasteiger partial charge in [0, 0.05) is 32.1 Å². The Labute approximate surface area is 121 Å². The number of carbonyl (C=O) groups excluding carboxylic acids is 2. The highest BCUT2D eigenvalue weighted by Crippen LogP contribution is 2.04. The molecule has 4 heteroatoms. The molecule has 1 atom stereocenters. The standard InChI is InChI=1S/C16H22O4/c1-4-6-8-10-15(17)19-13-12-14(3)20-16(18)11-9-7-5-2/h1-2,14H,6-13H2,3H3. The Balaban J connectivity index is 3.60. The van der Waals surface area contributed by atoms with E-state index in [1.54, 1.807) is 6.92 Å². The van der Waals surface area contributed by atoms with Crippen LogP contribution < -0.4 is 0 Å². The first-order valence-corrected chi connectivity index (χ1v) is 6.82. The van der Waals surface area contributed by atoms with Crippen molar-refractivity contribution in [3.8, 4) is 24.7 Å². The Hall–Kier alpha value is -1.94. The molecule has 0 saturated heterocycles. The molecule has 0 amide bonds. The van der Waals surface area contributed by atoms with Gasteiger partial charge in [0.15, 0.2) is 0 Å². The van der Waals surface area contributed by atoms with Crippen molar-refractivity contribution in [3.63, 3.8) is 0 Å². The van der Waals surface area contributed by atoms with Crippen molar-refractivity contribution in [1.82, 2.24) is 0 Å². The van der Waals surface area contributed by atoms with Crippen LogP contribution in [0.25, 0.3) is 0 Å². The second-order valence-corrected chi connectivity index (χ2v) is 4.42. The van der Waals surface area contributed by atoms with Crippen molar-refractivity contribution in [2.24, 2.45) is 0 Å². The zero-order valence-corrected chi connectivity index (χ0v) is 12.0. The predicted molar refractivity (Wildman–Crippen MR) is 76.5 cm³/mol. The summed E-state index contributed by atoms with van der Waals surface area (Å²) >= 11 is 0. The number of esters is 2. The fourth-order valence-electron chi connectivity index (χ4n) is 1.42. The van der Waals surface area contributed by atoms with Crippen molar-refractivity contribution < 1.29 is 19.1 Å². The largest absolute Gasteiger partial charge is 0.466 e. The summed E-state index contributed by atoms with van der Waals surface area (Å²) in [4.78, 5) is 22.7. The molecule has 4 nitrogen and oxygen atoms in total. The van der Waals surface area contributed by atoms with E-state index in [-0.39, 0.29) is 24.6 Å². The summed E-state index contributed by atoms with van der Waals surface area (Å²) in [5.74, 6) is 4.39. The normalized spacial score (nSPS) is 10.9. The highest BCUT2D eigenvalue weighted by Gasteiger charge is 2.10. The second-order valence-electron chi connectivity index (χ2n) is 4.42. The van der Waals surface area contributed by atoms with Crippen molar-refractivity contribution in [2.75, 3.05) is 6.61 Å².